The molecule has 0 spiro atoms. The molecular weight excluding hydrogens is 408 g/mol. The maximum absolute atomic E-state index is 13.1. The quantitative estimate of drug-likeness (QED) is 0.705. The first-order valence-electron chi connectivity index (χ1n) is 10.1. The number of aryl methyl sites for hydroxylation is 1. The molecule has 0 unspecified atom stereocenters. The molecule has 2 aliphatic rings. The summed E-state index contributed by atoms with van der Waals surface area (Å²) in [4.78, 5) is 26.5. The first kappa shape index (κ1) is 20.7. The maximum Gasteiger partial charge on any atom is 0.265 e. The van der Waals surface area contributed by atoms with Gasteiger partial charge in [0.15, 0.2) is 0 Å². The third-order valence-electron chi connectivity index (χ3n) is 5.85. The third kappa shape index (κ3) is 4.01. The molecule has 2 fully saturated rings. The highest BCUT2D eigenvalue weighted by molar-refractivity contribution is 7.89. The molecule has 0 atom stereocenters. The summed E-state index contributed by atoms with van der Waals surface area (Å²) in [7, 11) is -2.17. The third-order valence-corrected chi connectivity index (χ3v) is 7.71. The zero-order valence-electron chi connectivity index (χ0n) is 16.9. The number of nitrogens with two attached hydrogens (primary N) is 1. The monoisotopic (exact) mass is 434 g/mol. The van der Waals surface area contributed by atoms with Crippen molar-refractivity contribution in [1.82, 2.24) is 13.8 Å². The average molecular weight is 435 g/mol. The van der Waals surface area contributed by atoms with Gasteiger partial charge < -0.3 is 19.6 Å². The Bertz CT molecular complexity index is 1030. The Labute approximate surface area is 175 Å². The Hall–Kier alpha value is -2.59. The van der Waals surface area contributed by atoms with E-state index in [1.54, 1.807) is 13.3 Å². The molecule has 1 aliphatic heterocycles. The summed E-state index contributed by atoms with van der Waals surface area (Å²) in [6.45, 7) is 0.979. The maximum atomic E-state index is 13.1. The summed E-state index contributed by atoms with van der Waals surface area (Å²) in [6, 6.07) is 5.22. The summed E-state index contributed by atoms with van der Waals surface area (Å²) >= 11 is 0. The highest BCUT2D eigenvalue weighted by atomic mass is 32.2. The minimum atomic E-state index is -3.75. The second-order valence-corrected chi connectivity index (χ2v) is 9.93. The molecule has 1 aliphatic carbocycles. The number of sulfonamides is 1. The molecular formula is C20H26N4O5S. The van der Waals surface area contributed by atoms with E-state index >= 15 is 0 Å². The number of furan rings is 1. The fourth-order valence-electron chi connectivity index (χ4n) is 3.99. The van der Waals surface area contributed by atoms with Crippen molar-refractivity contribution in [3.05, 3.63) is 42.1 Å². The molecule has 1 saturated carbocycles. The summed E-state index contributed by atoms with van der Waals surface area (Å²) in [5.74, 6) is -0.0600. The van der Waals surface area contributed by atoms with Gasteiger partial charge in [0, 0.05) is 38.3 Å². The normalized spacial score (nSPS) is 18.4. The Balaban J connectivity index is 1.42. The number of amides is 2. The summed E-state index contributed by atoms with van der Waals surface area (Å²) in [5.41, 5.74) is 5.43. The topological polar surface area (TPSA) is 119 Å². The van der Waals surface area contributed by atoms with Crippen molar-refractivity contribution >= 4 is 21.8 Å². The molecule has 4 rings (SSSR count). The van der Waals surface area contributed by atoms with Crippen LogP contribution in [0.3, 0.4) is 0 Å². The molecule has 30 heavy (non-hydrogen) atoms. The summed E-state index contributed by atoms with van der Waals surface area (Å²) in [6.07, 6.45) is 5.92. The highest BCUT2D eigenvalue weighted by Crippen LogP contribution is 2.33. The Morgan fingerprint density at radius 1 is 1.23 bits per heavy atom. The van der Waals surface area contributed by atoms with Crippen LogP contribution in [0.4, 0.5) is 0 Å². The highest BCUT2D eigenvalue weighted by Gasteiger charge is 2.39. The molecule has 2 amide bonds. The van der Waals surface area contributed by atoms with Gasteiger partial charge in [0.05, 0.1) is 12.8 Å². The van der Waals surface area contributed by atoms with E-state index in [0.29, 0.717) is 19.4 Å². The van der Waals surface area contributed by atoms with Gasteiger partial charge in [-0.3, -0.25) is 9.59 Å². The van der Waals surface area contributed by atoms with Gasteiger partial charge in [-0.25, -0.2) is 8.42 Å². The Morgan fingerprint density at radius 2 is 1.93 bits per heavy atom. The lowest BCUT2D eigenvalue weighted by Crippen LogP contribution is -2.44. The van der Waals surface area contributed by atoms with E-state index in [4.69, 9.17) is 10.2 Å². The number of carbonyl (C=O) groups is 2. The number of hydrogen-bond donors (Lipinski definition) is 1. The smallest absolute Gasteiger partial charge is 0.265 e. The molecule has 162 valence electrons. The number of hydrogen-bond acceptors (Lipinski definition) is 5. The Morgan fingerprint density at radius 3 is 2.47 bits per heavy atom. The first-order chi connectivity index (χ1) is 14.3. The lowest BCUT2D eigenvalue weighted by molar-refractivity contribution is -0.138. The van der Waals surface area contributed by atoms with Gasteiger partial charge in [0.1, 0.15) is 16.3 Å². The molecule has 2 aromatic heterocycles. The van der Waals surface area contributed by atoms with Crippen LogP contribution in [0, 0.1) is 5.92 Å². The van der Waals surface area contributed by atoms with Crippen molar-refractivity contribution in [3.63, 3.8) is 0 Å². The second kappa shape index (κ2) is 7.92. The lowest BCUT2D eigenvalue weighted by atomic mass is 9.96. The van der Waals surface area contributed by atoms with Gasteiger partial charge >= 0.3 is 0 Å². The standard InChI is InChI=1S/C20H26N4O5S/c1-22-13-17(11-18(22)19(21)25)30(27,28)23-8-6-14(7-9-23)20(26)24(15-4-5-15)12-16-3-2-10-29-16/h2-3,10-11,13-15H,4-9,12H2,1H3,(H2,21,25). The van der Waals surface area contributed by atoms with Gasteiger partial charge in [-0.1, -0.05) is 0 Å². The Kier molecular flexibility index (Phi) is 5.46. The van der Waals surface area contributed by atoms with Gasteiger partial charge in [0.2, 0.25) is 15.9 Å². The minimum absolute atomic E-state index is 0.0426. The van der Waals surface area contributed by atoms with Crippen molar-refractivity contribution in [2.24, 2.45) is 18.7 Å². The van der Waals surface area contributed by atoms with Crippen LogP contribution in [0.15, 0.2) is 40.0 Å². The average Bonchev–Trinajstić information content (AvgIpc) is 3.27. The fourth-order valence-corrected chi connectivity index (χ4v) is 5.53. The molecule has 10 heteroatoms. The lowest BCUT2D eigenvalue weighted by Gasteiger charge is -2.33. The number of rotatable bonds is 7. The van der Waals surface area contributed by atoms with Crippen LogP contribution in [-0.4, -0.2) is 53.1 Å². The van der Waals surface area contributed by atoms with Crippen LogP contribution in [0.25, 0.3) is 0 Å². The number of aromatic nitrogens is 1. The predicted octanol–water partition coefficient (Wildman–Crippen LogP) is 1.31. The second-order valence-electron chi connectivity index (χ2n) is 7.99. The van der Waals surface area contributed by atoms with Gasteiger partial charge in [0.25, 0.3) is 5.91 Å². The van der Waals surface area contributed by atoms with Crippen molar-refractivity contribution < 1.29 is 22.4 Å². The van der Waals surface area contributed by atoms with E-state index in [0.717, 1.165) is 18.6 Å². The van der Waals surface area contributed by atoms with Crippen LogP contribution in [-0.2, 0) is 28.4 Å². The van der Waals surface area contributed by atoms with Gasteiger partial charge in [-0.2, -0.15) is 4.31 Å². The zero-order chi connectivity index (χ0) is 21.5. The van der Waals surface area contributed by atoms with Gasteiger partial charge in [-0.15, -0.1) is 0 Å². The molecule has 3 heterocycles. The van der Waals surface area contributed by atoms with E-state index in [-0.39, 0.29) is 41.5 Å². The molecule has 0 radical (unpaired) electrons. The van der Waals surface area contributed by atoms with E-state index in [1.165, 1.54) is 21.1 Å². The number of piperidine rings is 1. The van der Waals surface area contributed by atoms with Crippen molar-refractivity contribution in [3.8, 4) is 0 Å². The number of primary amides is 1. The van der Waals surface area contributed by atoms with E-state index in [2.05, 4.69) is 0 Å². The van der Waals surface area contributed by atoms with E-state index in [9.17, 15) is 18.0 Å². The van der Waals surface area contributed by atoms with Crippen LogP contribution in [0.2, 0.25) is 0 Å². The number of nitrogens with zero attached hydrogens (tertiary/aromatic N) is 3. The first-order valence-corrected chi connectivity index (χ1v) is 11.5. The van der Waals surface area contributed by atoms with Crippen molar-refractivity contribution in [2.45, 2.75) is 43.2 Å². The molecule has 0 aromatic carbocycles. The largest absolute Gasteiger partial charge is 0.467 e. The van der Waals surface area contributed by atoms with E-state index < -0.39 is 15.9 Å². The minimum Gasteiger partial charge on any atom is -0.467 e. The van der Waals surface area contributed by atoms with E-state index in [1.807, 2.05) is 17.0 Å². The molecule has 9 nitrogen and oxygen atoms in total. The molecule has 2 N–H and O–H groups in total. The van der Waals surface area contributed by atoms with Crippen LogP contribution in [0.1, 0.15) is 41.9 Å². The molecule has 2 aromatic rings. The van der Waals surface area contributed by atoms with Crippen LogP contribution < -0.4 is 5.73 Å². The van der Waals surface area contributed by atoms with Crippen molar-refractivity contribution in [1.29, 1.82) is 0 Å². The number of carbonyl (C=O) groups excluding carboxylic acids is 2. The van der Waals surface area contributed by atoms with Crippen LogP contribution in [0.5, 0.6) is 0 Å². The van der Waals surface area contributed by atoms with Crippen LogP contribution >= 0.6 is 0 Å². The zero-order valence-corrected chi connectivity index (χ0v) is 17.7. The molecule has 1 saturated heterocycles. The predicted molar refractivity (Wildman–Crippen MR) is 108 cm³/mol. The fraction of sp³-hybridized carbons (Fsp3) is 0.500. The molecule has 0 bridgehead atoms. The van der Waals surface area contributed by atoms with Gasteiger partial charge in [-0.05, 0) is 43.9 Å². The SMILES string of the molecule is Cn1cc(S(=O)(=O)N2CCC(C(=O)N(Cc3ccco3)C3CC3)CC2)cc1C(N)=O. The summed E-state index contributed by atoms with van der Waals surface area (Å²) < 4.78 is 34.1. The summed E-state index contributed by atoms with van der Waals surface area (Å²) in [5, 5.41) is 0. The van der Waals surface area contributed by atoms with Crippen molar-refractivity contribution in [2.75, 3.05) is 13.1 Å².